The molecule has 0 saturated carbocycles. The Morgan fingerprint density at radius 3 is 2.11 bits per heavy atom. The molecule has 0 aliphatic carbocycles. The second-order valence-electron chi connectivity index (χ2n) is 2.05. The van der Waals surface area contributed by atoms with Crippen molar-refractivity contribution in [3.63, 3.8) is 0 Å². The van der Waals surface area contributed by atoms with Gasteiger partial charge in [0.05, 0.1) is 13.4 Å². The molecule has 1 nitrogen and oxygen atoms in total. The molecule has 0 aliphatic heterocycles. The summed E-state index contributed by atoms with van der Waals surface area (Å²) in [5, 5.41) is 0. The lowest BCUT2D eigenvalue weighted by Crippen LogP contribution is -2.20. The van der Waals surface area contributed by atoms with Gasteiger partial charge in [-0.05, 0) is 6.92 Å². The van der Waals surface area contributed by atoms with Crippen molar-refractivity contribution in [2.24, 2.45) is 0 Å². The molecule has 0 aromatic rings. The van der Waals surface area contributed by atoms with Crippen molar-refractivity contribution in [3.8, 4) is 0 Å². The molecule has 9 heavy (non-hydrogen) atoms. The van der Waals surface area contributed by atoms with Crippen LogP contribution in [0.3, 0.4) is 0 Å². The van der Waals surface area contributed by atoms with Crippen LogP contribution in [0.1, 0.15) is 6.92 Å². The number of ether oxygens (including phenoxy) is 1. The molecule has 0 radical (unpaired) electrons. The van der Waals surface area contributed by atoms with Crippen LogP contribution in [-0.2, 0) is 4.74 Å². The van der Waals surface area contributed by atoms with E-state index in [2.05, 4.69) is 29.0 Å². The monoisotopic (exact) mass is 222 g/mol. The van der Waals surface area contributed by atoms with Crippen LogP contribution in [0, 0.1) is 0 Å². The van der Waals surface area contributed by atoms with Crippen LogP contribution in [0.2, 0.25) is 13.1 Å². The van der Waals surface area contributed by atoms with Gasteiger partial charge in [-0.3, -0.25) is 0 Å². The molecule has 0 amide bonds. The highest BCUT2D eigenvalue weighted by molar-refractivity contribution is 9.10. The molecule has 0 aromatic heterocycles. The summed E-state index contributed by atoms with van der Waals surface area (Å²) in [4.78, 5) is 0. The third-order valence-corrected chi connectivity index (χ3v) is 5.53. The molecule has 0 saturated heterocycles. The van der Waals surface area contributed by atoms with E-state index in [1.165, 1.54) is 0 Å². The molecule has 0 bridgehead atoms. The summed E-state index contributed by atoms with van der Waals surface area (Å²) < 4.78 is 5.65. The molecule has 1 unspecified atom stereocenters. The lowest BCUT2D eigenvalue weighted by atomic mass is 10.9. The highest BCUT2D eigenvalue weighted by atomic mass is 79.9. The Morgan fingerprint density at radius 2 is 2.00 bits per heavy atom. The molecule has 0 rings (SSSR count). The van der Waals surface area contributed by atoms with Crippen LogP contribution in [0.5, 0.6) is 0 Å². The third-order valence-electron chi connectivity index (χ3n) is 0.850. The van der Waals surface area contributed by atoms with E-state index in [0.717, 1.165) is 6.61 Å². The summed E-state index contributed by atoms with van der Waals surface area (Å²) in [6.07, 6.45) is 0. The van der Waals surface area contributed by atoms with Crippen LogP contribution >= 0.6 is 15.9 Å². The molecule has 0 heterocycles. The number of halogens is 1. The fourth-order valence-corrected chi connectivity index (χ4v) is 1.19. The minimum absolute atomic E-state index is 0. The van der Waals surface area contributed by atoms with Crippen molar-refractivity contribution >= 4 is 47.8 Å². The van der Waals surface area contributed by atoms with Crippen molar-refractivity contribution in [1.29, 1.82) is 0 Å². The Bertz CT molecular complexity index is 62.9. The molecular formula is C5H15BrMgOSi. The van der Waals surface area contributed by atoms with Gasteiger partial charge >= 0.3 is 23.1 Å². The second-order valence-corrected chi connectivity index (χ2v) is 7.02. The highest BCUT2D eigenvalue weighted by Crippen LogP contribution is 2.04. The van der Waals surface area contributed by atoms with Gasteiger partial charge in [0, 0.05) is 6.61 Å². The first-order chi connectivity index (χ1) is 3.68. The summed E-state index contributed by atoms with van der Waals surface area (Å²) in [6.45, 7) is 7.36. The van der Waals surface area contributed by atoms with Crippen LogP contribution in [0.4, 0.5) is 0 Å². The largest absolute Gasteiger partial charge is 0.371 e. The molecule has 0 aliphatic rings. The maximum atomic E-state index is 5.28. The Labute approximate surface area is 83.4 Å². The predicted octanol–water partition coefficient (Wildman–Crippen LogP) is 0.854. The van der Waals surface area contributed by atoms with Gasteiger partial charge in [-0.2, -0.15) is 0 Å². The minimum Gasteiger partial charge on any atom is -0.371 e. The van der Waals surface area contributed by atoms with Crippen molar-refractivity contribution in [2.75, 3.05) is 6.61 Å². The van der Waals surface area contributed by atoms with Gasteiger partial charge < -0.3 is 4.74 Å². The molecule has 0 spiro atoms. The van der Waals surface area contributed by atoms with E-state index in [1.807, 2.05) is 6.92 Å². The fraction of sp³-hybridized carbons (Fsp3) is 1.00. The zero-order valence-electron chi connectivity index (χ0n) is 5.65. The summed E-state index contributed by atoms with van der Waals surface area (Å²) in [7, 11) is -0.588. The van der Waals surface area contributed by atoms with Gasteiger partial charge in [0.15, 0.2) is 0 Å². The Kier molecular flexibility index (Phi) is 10.9. The van der Waals surface area contributed by atoms with Crippen LogP contribution in [0.15, 0.2) is 0 Å². The maximum absolute atomic E-state index is 5.28. The summed E-state index contributed by atoms with van der Waals surface area (Å²) >= 11 is 3.44. The molecule has 0 N–H and O–H groups in total. The number of hydrogen-bond acceptors (Lipinski definition) is 1. The first kappa shape index (κ1) is 13.0. The normalized spacial score (nSPS) is 13.0. The first-order valence-electron chi connectivity index (χ1n) is 2.94. The highest BCUT2D eigenvalue weighted by Gasteiger charge is 2.07. The van der Waals surface area contributed by atoms with Crippen molar-refractivity contribution in [2.45, 2.75) is 24.7 Å². The minimum atomic E-state index is -0.588. The van der Waals surface area contributed by atoms with Gasteiger partial charge in [-0.1, -0.05) is 29.0 Å². The maximum Gasteiger partial charge on any atom is 0.316 e. The zero-order chi connectivity index (χ0) is 6.57. The van der Waals surface area contributed by atoms with Gasteiger partial charge in [0.25, 0.3) is 0 Å². The predicted molar refractivity (Wildman–Crippen MR) is 51.8 cm³/mol. The average Bonchev–Trinajstić information content (AvgIpc) is 1.67. The molecule has 54 valence electrons. The third kappa shape index (κ3) is 7.32. The smallest absolute Gasteiger partial charge is 0.316 e. The molecule has 0 fully saturated rings. The van der Waals surface area contributed by atoms with Crippen LogP contribution < -0.4 is 0 Å². The Balaban J connectivity index is 0. The van der Waals surface area contributed by atoms with Gasteiger partial charge in [0.1, 0.15) is 0 Å². The van der Waals surface area contributed by atoms with Crippen LogP contribution in [-0.4, -0.2) is 43.1 Å². The molecular weight excluding hydrogens is 208 g/mol. The summed E-state index contributed by atoms with van der Waals surface area (Å²) in [6, 6.07) is 0. The standard InChI is InChI=1S/C5H13BrOSi.Mg.2H/c1-4-7-5(6)8(2)3;;;/h5,8H,4H2,1-3H3;;;. The fourth-order valence-electron chi connectivity index (χ4n) is 0.352. The van der Waals surface area contributed by atoms with Gasteiger partial charge in [-0.25, -0.2) is 0 Å². The van der Waals surface area contributed by atoms with E-state index >= 15 is 0 Å². The average molecular weight is 223 g/mol. The zero-order valence-corrected chi connectivity index (χ0v) is 8.39. The molecule has 4 heteroatoms. The van der Waals surface area contributed by atoms with E-state index in [0.29, 0.717) is 4.64 Å². The summed E-state index contributed by atoms with van der Waals surface area (Å²) in [5.74, 6) is 0. The Morgan fingerprint density at radius 1 is 1.56 bits per heavy atom. The van der Waals surface area contributed by atoms with E-state index in [4.69, 9.17) is 4.74 Å². The second kappa shape index (κ2) is 7.53. The number of alkyl halides is 1. The lowest BCUT2D eigenvalue weighted by Gasteiger charge is -2.10. The molecule has 0 aromatic carbocycles. The quantitative estimate of drug-likeness (QED) is 0.509. The first-order valence-corrected chi connectivity index (χ1v) is 6.83. The van der Waals surface area contributed by atoms with Crippen LogP contribution in [0.25, 0.3) is 0 Å². The Hall–Kier alpha value is 1.42. The van der Waals surface area contributed by atoms with E-state index in [9.17, 15) is 0 Å². The van der Waals surface area contributed by atoms with Gasteiger partial charge in [-0.15, -0.1) is 0 Å². The van der Waals surface area contributed by atoms with E-state index < -0.39 is 8.80 Å². The number of rotatable bonds is 3. The summed E-state index contributed by atoms with van der Waals surface area (Å²) in [5.41, 5.74) is 0. The van der Waals surface area contributed by atoms with E-state index in [1.54, 1.807) is 0 Å². The topological polar surface area (TPSA) is 9.23 Å². The van der Waals surface area contributed by atoms with Crippen molar-refractivity contribution in [3.05, 3.63) is 0 Å². The van der Waals surface area contributed by atoms with Crippen molar-refractivity contribution in [1.82, 2.24) is 0 Å². The molecule has 1 atom stereocenters. The van der Waals surface area contributed by atoms with Gasteiger partial charge in [0.2, 0.25) is 0 Å². The van der Waals surface area contributed by atoms with Crippen molar-refractivity contribution < 1.29 is 4.74 Å². The number of hydrogen-bond donors (Lipinski definition) is 0. The lowest BCUT2D eigenvalue weighted by molar-refractivity contribution is 0.173. The van der Waals surface area contributed by atoms with E-state index in [-0.39, 0.29) is 23.1 Å². The SMILES string of the molecule is CCOC(Br)[SiH](C)C.[MgH2].